The zero-order valence-electron chi connectivity index (χ0n) is 10.1. The van der Waals surface area contributed by atoms with Crippen LogP contribution >= 0.6 is 0 Å². The fourth-order valence-electron chi connectivity index (χ4n) is 1.88. The fourth-order valence-corrected chi connectivity index (χ4v) is 1.88. The summed E-state index contributed by atoms with van der Waals surface area (Å²) in [5.41, 5.74) is 0.289. The molecular weight excluding hydrogens is 214 g/mol. The van der Waals surface area contributed by atoms with Gasteiger partial charge >= 0.3 is 0 Å². The monoisotopic (exact) mass is 231 g/mol. The summed E-state index contributed by atoms with van der Waals surface area (Å²) < 4.78 is 0. The van der Waals surface area contributed by atoms with Crippen LogP contribution in [0.4, 0.5) is 0 Å². The predicted molar refractivity (Wildman–Crippen MR) is 67.6 cm³/mol. The Morgan fingerprint density at radius 1 is 1.29 bits per heavy atom. The van der Waals surface area contributed by atoms with Crippen LogP contribution in [0.2, 0.25) is 0 Å². The number of rotatable bonds is 3. The molecule has 0 spiro atoms. The van der Waals surface area contributed by atoms with Crippen LogP contribution in [-0.4, -0.2) is 20.8 Å². The van der Waals surface area contributed by atoms with Crippen LogP contribution in [0, 0.1) is 0 Å². The predicted octanol–water partition coefficient (Wildman–Crippen LogP) is 2.43. The van der Waals surface area contributed by atoms with Gasteiger partial charge in [-0.15, -0.1) is 0 Å². The first-order chi connectivity index (χ1) is 8.06. The molecule has 0 saturated heterocycles. The Hall–Kier alpha value is -1.45. The second kappa shape index (κ2) is 4.43. The van der Waals surface area contributed by atoms with E-state index < -0.39 is 11.7 Å². The molecule has 2 unspecified atom stereocenters. The van der Waals surface area contributed by atoms with E-state index in [2.05, 4.69) is 4.98 Å². The van der Waals surface area contributed by atoms with E-state index in [1.807, 2.05) is 37.3 Å². The molecule has 0 bridgehead atoms. The lowest BCUT2D eigenvalue weighted by atomic mass is 9.89. The molecule has 0 radical (unpaired) electrons. The van der Waals surface area contributed by atoms with Crippen LogP contribution in [0.1, 0.15) is 31.9 Å². The summed E-state index contributed by atoms with van der Waals surface area (Å²) in [6.45, 7) is 3.49. The molecule has 2 rings (SSSR count). The Kier molecular flexibility index (Phi) is 3.13. The maximum Gasteiger partial charge on any atom is 0.109 e. The molecule has 0 amide bonds. The third-order valence-electron chi connectivity index (χ3n) is 3.26. The van der Waals surface area contributed by atoms with Crippen molar-refractivity contribution in [3.8, 4) is 0 Å². The van der Waals surface area contributed by atoms with E-state index >= 15 is 0 Å². The zero-order chi connectivity index (χ0) is 12.5. The number of fused-ring (bicyclic) bond motifs is 1. The molecule has 1 heterocycles. The lowest BCUT2D eigenvalue weighted by Gasteiger charge is -2.28. The summed E-state index contributed by atoms with van der Waals surface area (Å²) in [5.74, 6) is 0. The van der Waals surface area contributed by atoms with Gasteiger partial charge in [-0.2, -0.15) is 0 Å². The van der Waals surface area contributed by atoms with Crippen molar-refractivity contribution >= 4 is 10.9 Å². The van der Waals surface area contributed by atoms with E-state index in [9.17, 15) is 10.2 Å². The van der Waals surface area contributed by atoms with Crippen LogP contribution in [0.15, 0.2) is 36.5 Å². The molecule has 3 heteroatoms. The minimum atomic E-state index is -1.13. The molecule has 0 saturated carbocycles. The highest BCUT2D eigenvalue weighted by atomic mass is 16.3. The average Bonchev–Trinajstić information content (AvgIpc) is 2.37. The Morgan fingerprint density at radius 3 is 2.71 bits per heavy atom. The van der Waals surface area contributed by atoms with Crippen LogP contribution in [-0.2, 0) is 0 Å². The number of aromatic nitrogens is 1. The second-order valence-electron chi connectivity index (χ2n) is 4.54. The highest BCUT2D eigenvalue weighted by Crippen LogP contribution is 2.31. The largest absolute Gasteiger partial charge is 0.387 e. The molecule has 1 aromatic heterocycles. The van der Waals surface area contributed by atoms with E-state index in [0.29, 0.717) is 12.0 Å². The molecular formula is C14H17NO2. The lowest BCUT2D eigenvalue weighted by molar-refractivity contribution is -0.0652. The van der Waals surface area contributed by atoms with Crippen molar-refractivity contribution in [3.05, 3.63) is 42.1 Å². The lowest BCUT2D eigenvalue weighted by Crippen LogP contribution is -2.32. The topological polar surface area (TPSA) is 53.4 Å². The summed E-state index contributed by atoms with van der Waals surface area (Å²) in [4.78, 5) is 4.28. The summed E-state index contributed by atoms with van der Waals surface area (Å²) in [5, 5.41) is 21.4. The molecule has 0 aliphatic heterocycles. The second-order valence-corrected chi connectivity index (χ2v) is 4.54. The van der Waals surface area contributed by atoms with Gasteiger partial charge in [0.05, 0.1) is 11.1 Å². The fraction of sp³-hybridized carbons (Fsp3) is 0.357. The number of aliphatic hydroxyl groups excluding tert-OH is 1. The highest BCUT2D eigenvalue weighted by molar-refractivity contribution is 5.82. The maximum absolute atomic E-state index is 10.3. The van der Waals surface area contributed by atoms with E-state index in [0.717, 1.165) is 10.9 Å². The molecule has 0 fully saturated rings. The third-order valence-corrected chi connectivity index (χ3v) is 3.26. The van der Waals surface area contributed by atoms with Gasteiger partial charge < -0.3 is 10.2 Å². The average molecular weight is 231 g/mol. The zero-order valence-corrected chi connectivity index (χ0v) is 10.1. The summed E-state index contributed by atoms with van der Waals surface area (Å²) in [7, 11) is 0. The van der Waals surface area contributed by atoms with E-state index in [1.165, 1.54) is 0 Å². The summed E-state index contributed by atoms with van der Waals surface area (Å²) in [6.07, 6.45) is 1.25. The van der Waals surface area contributed by atoms with Crippen molar-refractivity contribution in [3.63, 3.8) is 0 Å². The first-order valence-corrected chi connectivity index (χ1v) is 5.80. The number of benzene rings is 1. The number of hydrogen-bond acceptors (Lipinski definition) is 3. The van der Waals surface area contributed by atoms with Gasteiger partial charge in [-0.25, -0.2) is 0 Å². The Bertz CT molecular complexity index is 517. The third kappa shape index (κ3) is 2.16. The maximum atomic E-state index is 10.3. The Balaban J connectivity index is 2.56. The number of hydrogen-bond donors (Lipinski definition) is 2. The Labute approximate surface area is 101 Å². The first-order valence-electron chi connectivity index (χ1n) is 5.80. The first kappa shape index (κ1) is 12.0. The van der Waals surface area contributed by atoms with Crippen molar-refractivity contribution < 1.29 is 10.2 Å². The van der Waals surface area contributed by atoms with Gasteiger partial charge in [-0.3, -0.25) is 4.98 Å². The number of aliphatic hydroxyl groups is 2. The van der Waals surface area contributed by atoms with Crippen molar-refractivity contribution in [1.82, 2.24) is 4.98 Å². The van der Waals surface area contributed by atoms with Gasteiger partial charge in [0.15, 0.2) is 0 Å². The smallest absolute Gasteiger partial charge is 0.109 e. The SMILES string of the molecule is CCC(C)(O)C(O)c1cccc2cccnc12. The van der Waals surface area contributed by atoms with Crippen LogP contribution in [0.25, 0.3) is 10.9 Å². The normalized spacial score (nSPS) is 16.7. The Morgan fingerprint density at radius 2 is 2.00 bits per heavy atom. The van der Waals surface area contributed by atoms with Gasteiger partial charge in [0.2, 0.25) is 0 Å². The van der Waals surface area contributed by atoms with Crippen molar-refractivity contribution in [2.45, 2.75) is 32.0 Å². The molecule has 2 aromatic rings. The summed E-state index contributed by atoms with van der Waals surface area (Å²) >= 11 is 0. The van der Waals surface area contributed by atoms with Crippen LogP contribution in [0.3, 0.4) is 0 Å². The van der Waals surface area contributed by atoms with Gasteiger partial charge in [0, 0.05) is 17.1 Å². The van der Waals surface area contributed by atoms with Gasteiger partial charge in [-0.05, 0) is 19.4 Å². The summed E-state index contributed by atoms with van der Waals surface area (Å²) in [6, 6.07) is 9.42. The molecule has 0 aliphatic rings. The van der Waals surface area contributed by atoms with Crippen LogP contribution < -0.4 is 0 Å². The number of nitrogens with zero attached hydrogens (tertiary/aromatic N) is 1. The number of pyridine rings is 1. The standard InChI is InChI=1S/C14H17NO2/c1-3-14(2,17)13(16)11-8-4-6-10-7-5-9-15-12(10)11/h4-9,13,16-17H,3H2,1-2H3. The van der Waals surface area contributed by atoms with Crippen molar-refractivity contribution in [2.75, 3.05) is 0 Å². The van der Waals surface area contributed by atoms with Gasteiger partial charge in [0.1, 0.15) is 6.10 Å². The van der Waals surface area contributed by atoms with E-state index in [4.69, 9.17) is 0 Å². The minimum absolute atomic E-state index is 0.484. The number of para-hydroxylation sites is 1. The molecule has 3 nitrogen and oxygen atoms in total. The van der Waals surface area contributed by atoms with Gasteiger partial charge in [0.25, 0.3) is 0 Å². The minimum Gasteiger partial charge on any atom is -0.387 e. The van der Waals surface area contributed by atoms with Gasteiger partial charge in [-0.1, -0.05) is 31.2 Å². The van der Waals surface area contributed by atoms with E-state index in [1.54, 1.807) is 13.1 Å². The quantitative estimate of drug-likeness (QED) is 0.853. The molecule has 17 heavy (non-hydrogen) atoms. The molecule has 2 N–H and O–H groups in total. The molecule has 90 valence electrons. The van der Waals surface area contributed by atoms with E-state index in [-0.39, 0.29) is 0 Å². The van der Waals surface area contributed by atoms with Crippen LogP contribution in [0.5, 0.6) is 0 Å². The molecule has 1 aromatic carbocycles. The van der Waals surface area contributed by atoms with Crippen molar-refractivity contribution in [1.29, 1.82) is 0 Å². The molecule has 2 atom stereocenters. The molecule has 0 aliphatic carbocycles. The van der Waals surface area contributed by atoms with Crippen molar-refractivity contribution in [2.24, 2.45) is 0 Å². The highest BCUT2D eigenvalue weighted by Gasteiger charge is 2.30.